The molecule has 1 saturated heterocycles. The van der Waals surface area contributed by atoms with Gasteiger partial charge < -0.3 is 19.7 Å². The molecule has 0 spiro atoms. The summed E-state index contributed by atoms with van der Waals surface area (Å²) in [5.41, 5.74) is 3.14. The minimum atomic E-state index is -0.723. The van der Waals surface area contributed by atoms with Crippen LogP contribution in [-0.4, -0.2) is 45.3 Å². The van der Waals surface area contributed by atoms with Crippen LogP contribution in [0.4, 0.5) is 0 Å². The monoisotopic (exact) mass is 417 g/mol. The number of aliphatic hydroxyl groups is 1. The molecule has 1 aliphatic rings. The Bertz CT molecular complexity index is 1130. The van der Waals surface area contributed by atoms with Gasteiger partial charge in [-0.3, -0.25) is 9.59 Å². The number of benzene rings is 2. The molecule has 31 heavy (non-hydrogen) atoms. The van der Waals surface area contributed by atoms with E-state index in [1.54, 1.807) is 50.0 Å². The van der Waals surface area contributed by atoms with E-state index in [0.29, 0.717) is 29.8 Å². The molecule has 4 rings (SSSR count). The Morgan fingerprint density at radius 2 is 1.97 bits per heavy atom. The number of imidazole rings is 1. The smallest absolute Gasteiger partial charge is 0.295 e. The highest BCUT2D eigenvalue weighted by Crippen LogP contribution is 2.40. The van der Waals surface area contributed by atoms with Crippen LogP contribution >= 0.6 is 0 Å². The number of likely N-dealkylation sites (tertiary alicyclic amines) is 1. The van der Waals surface area contributed by atoms with Gasteiger partial charge in [-0.2, -0.15) is 0 Å². The summed E-state index contributed by atoms with van der Waals surface area (Å²) in [6, 6.07) is 13.7. The number of aromatic amines is 1. The Balaban J connectivity index is 1.81. The van der Waals surface area contributed by atoms with E-state index in [2.05, 4.69) is 9.97 Å². The molecule has 1 unspecified atom stereocenters. The summed E-state index contributed by atoms with van der Waals surface area (Å²) < 4.78 is 5.34. The lowest BCUT2D eigenvalue weighted by atomic mass is 9.95. The summed E-state index contributed by atoms with van der Waals surface area (Å²) in [5, 5.41) is 11.1. The minimum Gasteiger partial charge on any atom is -0.507 e. The molecule has 2 heterocycles. The summed E-state index contributed by atoms with van der Waals surface area (Å²) >= 11 is 0. The van der Waals surface area contributed by atoms with Gasteiger partial charge in [0.1, 0.15) is 11.5 Å². The van der Waals surface area contributed by atoms with Crippen LogP contribution in [0.1, 0.15) is 28.4 Å². The topological polar surface area (TPSA) is 95.5 Å². The first-order chi connectivity index (χ1) is 15.0. The summed E-state index contributed by atoms with van der Waals surface area (Å²) in [4.78, 5) is 34.5. The van der Waals surface area contributed by atoms with Crippen molar-refractivity contribution in [1.82, 2.24) is 14.9 Å². The minimum absolute atomic E-state index is 0.0757. The first-order valence-corrected chi connectivity index (χ1v) is 9.96. The molecule has 0 bridgehead atoms. The summed E-state index contributed by atoms with van der Waals surface area (Å²) in [7, 11) is 1.56. The zero-order valence-corrected chi connectivity index (χ0v) is 17.3. The van der Waals surface area contributed by atoms with Crippen LogP contribution in [0, 0.1) is 6.92 Å². The maximum Gasteiger partial charge on any atom is 0.295 e. The predicted octanol–water partition coefficient (Wildman–Crippen LogP) is 3.39. The second-order valence-electron chi connectivity index (χ2n) is 7.46. The lowest BCUT2D eigenvalue weighted by Crippen LogP contribution is -2.31. The van der Waals surface area contributed by atoms with Gasteiger partial charge >= 0.3 is 0 Å². The predicted molar refractivity (Wildman–Crippen MR) is 115 cm³/mol. The molecular formula is C24H23N3O4. The van der Waals surface area contributed by atoms with Crippen LogP contribution in [0.15, 0.2) is 66.6 Å². The Hall–Kier alpha value is -3.87. The van der Waals surface area contributed by atoms with Crippen LogP contribution in [0.5, 0.6) is 5.75 Å². The third kappa shape index (κ3) is 3.94. The van der Waals surface area contributed by atoms with E-state index in [1.807, 2.05) is 25.1 Å². The molecule has 3 aromatic rings. The molecular weight excluding hydrogens is 394 g/mol. The van der Waals surface area contributed by atoms with Gasteiger partial charge in [0, 0.05) is 30.4 Å². The number of hydrogen-bond acceptors (Lipinski definition) is 5. The molecule has 2 N–H and O–H groups in total. The van der Waals surface area contributed by atoms with Gasteiger partial charge in [0.2, 0.25) is 0 Å². The van der Waals surface area contributed by atoms with Gasteiger partial charge in [0.05, 0.1) is 25.1 Å². The van der Waals surface area contributed by atoms with Crippen molar-refractivity contribution in [2.24, 2.45) is 0 Å². The van der Waals surface area contributed by atoms with Gasteiger partial charge in [0.15, 0.2) is 0 Å². The first-order valence-electron chi connectivity index (χ1n) is 9.96. The average Bonchev–Trinajstić information content (AvgIpc) is 3.39. The van der Waals surface area contributed by atoms with E-state index in [-0.39, 0.29) is 11.3 Å². The molecule has 158 valence electrons. The highest BCUT2D eigenvalue weighted by atomic mass is 16.5. The Morgan fingerprint density at radius 3 is 2.65 bits per heavy atom. The third-order valence-corrected chi connectivity index (χ3v) is 5.45. The number of nitrogens with one attached hydrogen (secondary N) is 1. The van der Waals surface area contributed by atoms with Crippen LogP contribution in [-0.2, 0) is 16.0 Å². The molecule has 0 aliphatic carbocycles. The molecule has 7 nitrogen and oxygen atoms in total. The number of methoxy groups -OCH3 is 1. The van der Waals surface area contributed by atoms with Crippen molar-refractivity contribution in [3.8, 4) is 5.75 Å². The lowest BCUT2D eigenvalue weighted by Gasteiger charge is -2.25. The van der Waals surface area contributed by atoms with Gasteiger partial charge in [0.25, 0.3) is 11.7 Å². The maximum atomic E-state index is 13.0. The number of H-pyrrole nitrogens is 1. The number of rotatable bonds is 6. The molecule has 1 aromatic heterocycles. The van der Waals surface area contributed by atoms with Crippen molar-refractivity contribution < 1.29 is 19.4 Å². The number of aromatic nitrogens is 2. The Kier molecular flexibility index (Phi) is 5.58. The average molecular weight is 417 g/mol. The van der Waals surface area contributed by atoms with Gasteiger partial charge in [-0.15, -0.1) is 0 Å². The normalized spacial score (nSPS) is 17.9. The number of amides is 1. The van der Waals surface area contributed by atoms with E-state index >= 15 is 0 Å². The van der Waals surface area contributed by atoms with Crippen LogP contribution in [0.25, 0.3) is 5.76 Å². The molecule has 7 heteroatoms. The van der Waals surface area contributed by atoms with E-state index in [9.17, 15) is 14.7 Å². The fourth-order valence-electron chi connectivity index (χ4n) is 3.80. The van der Waals surface area contributed by atoms with E-state index in [0.717, 1.165) is 11.3 Å². The van der Waals surface area contributed by atoms with E-state index < -0.39 is 17.7 Å². The van der Waals surface area contributed by atoms with Crippen molar-refractivity contribution >= 4 is 17.4 Å². The second-order valence-corrected chi connectivity index (χ2v) is 7.46. The van der Waals surface area contributed by atoms with Crippen molar-refractivity contribution in [2.45, 2.75) is 19.4 Å². The fraction of sp³-hybridized carbons (Fsp3) is 0.208. The zero-order chi connectivity index (χ0) is 22.0. The number of hydrogen-bond donors (Lipinski definition) is 2. The number of aryl methyl sites for hydroxylation is 1. The number of carbonyl (C=O) groups is 2. The molecule has 0 saturated carbocycles. The fourth-order valence-corrected chi connectivity index (χ4v) is 3.80. The number of Topliss-reactive ketones (excluding diaryl/α,β-unsaturated/α-hetero) is 1. The number of ketones is 1. The van der Waals surface area contributed by atoms with E-state index in [4.69, 9.17) is 4.74 Å². The molecule has 2 aromatic carbocycles. The molecule has 1 amide bonds. The number of nitrogens with zero attached hydrogens (tertiary/aromatic N) is 2. The highest BCUT2D eigenvalue weighted by Gasteiger charge is 2.46. The van der Waals surface area contributed by atoms with Crippen molar-refractivity contribution in [3.05, 3.63) is 89.0 Å². The third-order valence-electron chi connectivity index (χ3n) is 5.45. The largest absolute Gasteiger partial charge is 0.507 e. The van der Waals surface area contributed by atoms with Crippen LogP contribution in [0.2, 0.25) is 0 Å². The maximum absolute atomic E-state index is 13.0. The van der Waals surface area contributed by atoms with Gasteiger partial charge in [-0.25, -0.2) is 4.98 Å². The standard InChI is InChI=1S/C24H23N3O4/c1-15-6-8-16(9-7-15)22(28)20-21(17-4-3-5-19(12-17)31-2)27(24(30)23(20)29)11-10-18-13-25-14-26-18/h3-9,12-14,21,28H,10-11H2,1-2H3,(H,25,26). The van der Waals surface area contributed by atoms with E-state index in [1.165, 1.54) is 4.90 Å². The Morgan fingerprint density at radius 1 is 1.19 bits per heavy atom. The summed E-state index contributed by atoms with van der Waals surface area (Å²) in [6.07, 6.45) is 3.75. The molecule has 1 atom stereocenters. The van der Waals surface area contributed by atoms with Gasteiger partial charge in [-0.05, 0) is 24.6 Å². The zero-order valence-electron chi connectivity index (χ0n) is 17.3. The quantitative estimate of drug-likeness (QED) is 0.364. The van der Waals surface area contributed by atoms with Crippen molar-refractivity contribution in [2.75, 3.05) is 13.7 Å². The van der Waals surface area contributed by atoms with Crippen LogP contribution in [0.3, 0.4) is 0 Å². The molecule has 1 aliphatic heterocycles. The molecule has 0 radical (unpaired) electrons. The number of carbonyl (C=O) groups excluding carboxylic acids is 2. The number of aliphatic hydroxyl groups excluding tert-OH is 1. The lowest BCUT2D eigenvalue weighted by molar-refractivity contribution is -0.139. The Labute approximate surface area is 180 Å². The summed E-state index contributed by atoms with van der Waals surface area (Å²) in [5.74, 6) is -0.918. The van der Waals surface area contributed by atoms with Crippen molar-refractivity contribution in [1.29, 1.82) is 0 Å². The second kappa shape index (κ2) is 8.47. The molecule has 1 fully saturated rings. The van der Waals surface area contributed by atoms with Crippen LogP contribution < -0.4 is 4.74 Å². The first kappa shape index (κ1) is 20.4. The van der Waals surface area contributed by atoms with Crippen molar-refractivity contribution in [3.63, 3.8) is 0 Å². The highest BCUT2D eigenvalue weighted by molar-refractivity contribution is 6.46. The number of ether oxygens (including phenoxy) is 1. The SMILES string of the molecule is COc1cccc(C2C(=C(O)c3ccc(C)cc3)C(=O)C(=O)N2CCc2cnc[nH]2)c1. The van der Waals surface area contributed by atoms with Gasteiger partial charge in [-0.1, -0.05) is 42.0 Å². The summed E-state index contributed by atoms with van der Waals surface area (Å²) in [6.45, 7) is 2.23.